The van der Waals surface area contributed by atoms with Gasteiger partial charge in [-0.25, -0.2) is 14.4 Å². The summed E-state index contributed by atoms with van der Waals surface area (Å²) in [6.45, 7) is 0.409. The van der Waals surface area contributed by atoms with Crippen molar-refractivity contribution in [3.63, 3.8) is 0 Å². The lowest BCUT2D eigenvalue weighted by atomic mass is 10.2. The molecule has 84 valence electrons. The molecule has 0 bridgehead atoms. The number of aromatic nitrogens is 2. The predicted molar refractivity (Wildman–Crippen MR) is 60.5 cm³/mol. The standard InChI is InChI=1S/C12H9FN4/c13-10-3-1-2-9(6-10)8-16-12-15-5-4-11(7-14)17-12/h1-6H,8H2,(H,15,16,17). The molecule has 0 fully saturated rings. The van der Waals surface area contributed by atoms with Gasteiger partial charge in [0.15, 0.2) is 0 Å². The van der Waals surface area contributed by atoms with E-state index in [9.17, 15) is 4.39 Å². The highest BCUT2D eigenvalue weighted by atomic mass is 19.1. The van der Waals surface area contributed by atoms with Crippen LogP contribution in [0.5, 0.6) is 0 Å². The van der Waals surface area contributed by atoms with Crippen LogP contribution in [0.15, 0.2) is 36.5 Å². The molecule has 0 radical (unpaired) electrons. The molecule has 5 heteroatoms. The van der Waals surface area contributed by atoms with Gasteiger partial charge in [-0.2, -0.15) is 5.26 Å². The van der Waals surface area contributed by atoms with Crippen molar-refractivity contribution in [1.29, 1.82) is 5.26 Å². The summed E-state index contributed by atoms with van der Waals surface area (Å²) in [6.07, 6.45) is 1.50. The Morgan fingerprint density at radius 2 is 2.24 bits per heavy atom. The molecule has 0 aliphatic carbocycles. The van der Waals surface area contributed by atoms with Crippen molar-refractivity contribution in [3.05, 3.63) is 53.6 Å². The molecule has 0 atom stereocenters. The van der Waals surface area contributed by atoms with Crippen molar-refractivity contribution < 1.29 is 4.39 Å². The van der Waals surface area contributed by atoms with Gasteiger partial charge in [-0.3, -0.25) is 0 Å². The summed E-state index contributed by atoms with van der Waals surface area (Å²) in [6, 6.07) is 9.70. The number of nitrogens with one attached hydrogen (secondary N) is 1. The zero-order valence-electron chi connectivity index (χ0n) is 8.89. The van der Waals surface area contributed by atoms with Gasteiger partial charge in [0.05, 0.1) is 0 Å². The van der Waals surface area contributed by atoms with Crippen LogP contribution in [-0.2, 0) is 6.54 Å². The minimum atomic E-state index is -0.281. The van der Waals surface area contributed by atoms with Gasteiger partial charge in [0.25, 0.3) is 0 Å². The van der Waals surface area contributed by atoms with E-state index in [0.717, 1.165) is 5.56 Å². The van der Waals surface area contributed by atoms with E-state index in [1.165, 1.54) is 24.4 Å². The highest BCUT2D eigenvalue weighted by molar-refractivity contribution is 5.31. The average molecular weight is 228 g/mol. The van der Waals surface area contributed by atoms with Gasteiger partial charge in [0.2, 0.25) is 5.95 Å². The van der Waals surface area contributed by atoms with E-state index < -0.39 is 0 Å². The van der Waals surface area contributed by atoms with E-state index in [-0.39, 0.29) is 5.82 Å². The van der Waals surface area contributed by atoms with Crippen molar-refractivity contribution in [2.45, 2.75) is 6.54 Å². The van der Waals surface area contributed by atoms with Gasteiger partial charge >= 0.3 is 0 Å². The number of halogens is 1. The fourth-order valence-electron chi connectivity index (χ4n) is 1.33. The number of hydrogen-bond donors (Lipinski definition) is 1. The Kier molecular flexibility index (Phi) is 3.26. The fourth-order valence-corrected chi connectivity index (χ4v) is 1.33. The Hall–Kier alpha value is -2.48. The Balaban J connectivity index is 2.05. The smallest absolute Gasteiger partial charge is 0.224 e. The van der Waals surface area contributed by atoms with Gasteiger partial charge in [0, 0.05) is 12.7 Å². The minimum Gasteiger partial charge on any atom is -0.350 e. The first kappa shape index (κ1) is 11.0. The first-order valence-electron chi connectivity index (χ1n) is 4.99. The summed E-state index contributed by atoms with van der Waals surface area (Å²) in [5.74, 6) is 0.0734. The highest BCUT2D eigenvalue weighted by Crippen LogP contribution is 2.06. The van der Waals surface area contributed by atoms with Crippen LogP contribution < -0.4 is 5.32 Å². The van der Waals surface area contributed by atoms with Gasteiger partial charge in [-0.1, -0.05) is 12.1 Å². The molecule has 17 heavy (non-hydrogen) atoms. The molecule has 0 saturated heterocycles. The van der Waals surface area contributed by atoms with E-state index >= 15 is 0 Å². The molecule has 0 spiro atoms. The van der Waals surface area contributed by atoms with E-state index in [1.807, 2.05) is 6.07 Å². The molecule has 1 N–H and O–H groups in total. The molecule has 0 unspecified atom stereocenters. The third kappa shape index (κ3) is 2.98. The van der Waals surface area contributed by atoms with Gasteiger partial charge in [0.1, 0.15) is 17.6 Å². The van der Waals surface area contributed by atoms with Crippen molar-refractivity contribution in [2.24, 2.45) is 0 Å². The number of rotatable bonds is 3. The molecule has 0 aliphatic rings. The van der Waals surface area contributed by atoms with E-state index in [0.29, 0.717) is 18.2 Å². The van der Waals surface area contributed by atoms with Crippen molar-refractivity contribution >= 4 is 5.95 Å². The number of nitriles is 1. The number of benzene rings is 1. The predicted octanol–water partition coefficient (Wildman–Crippen LogP) is 2.10. The van der Waals surface area contributed by atoms with Crippen LogP contribution in [0.25, 0.3) is 0 Å². The van der Waals surface area contributed by atoms with Gasteiger partial charge in [-0.05, 0) is 23.8 Å². The number of hydrogen-bond acceptors (Lipinski definition) is 4. The summed E-state index contributed by atoms with van der Waals surface area (Å²) in [4.78, 5) is 7.91. The summed E-state index contributed by atoms with van der Waals surface area (Å²) in [7, 11) is 0. The van der Waals surface area contributed by atoms with Crippen LogP contribution in [0.2, 0.25) is 0 Å². The maximum Gasteiger partial charge on any atom is 0.224 e. The molecule has 1 heterocycles. The highest BCUT2D eigenvalue weighted by Gasteiger charge is 1.99. The van der Waals surface area contributed by atoms with Crippen molar-refractivity contribution in [1.82, 2.24) is 9.97 Å². The molecular weight excluding hydrogens is 219 g/mol. The second kappa shape index (κ2) is 5.03. The van der Waals surface area contributed by atoms with Crippen LogP contribution in [0, 0.1) is 17.1 Å². The molecule has 0 saturated carbocycles. The third-order valence-corrected chi connectivity index (χ3v) is 2.11. The lowest BCUT2D eigenvalue weighted by Gasteiger charge is -2.04. The largest absolute Gasteiger partial charge is 0.350 e. The maximum atomic E-state index is 12.9. The monoisotopic (exact) mass is 228 g/mol. The summed E-state index contributed by atoms with van der Waals surface area (Å²) in [5, 5.41) is 11.6. The lowest BCUT2D eigenvalue weighted by molar-refractivity contribution is 0.626. The maximum absolute atomic E-state index is 12.9. The summed E-state index contributed by atoms with van der Waals surface area (Å²) >= 11 is 0. The molecule has 4 nitrogen and oxygen atoms in total. The van der Waals surface area contributed by atoms with Crippen LogP contribution >= 0.6 is 0 Å². The molecule has 2 rings (SSSR count). The van der Waals surface area contributed by atoms with Crippen molar-refractivity contribution in [2.75, 3.05) is 5.32 Å². The molecular formula is C12H9FN4. The number of nitrogens with zero attached hydrogens (tertiary/aromatic N) is 3. The second-order valence-corrected chi connectivity index (χ2v) is 3.36. The summed E-state index contributed by atoms with van der Waals surface area (Å²) in [5.41, 5.74) is 1.08. The van der Waals surface area contributed by atoms with Gasteiger partial charge in [-0.15, -0.1) is 0 Å². The Morgan fingerprint density at radius 3 is 3.00 bits per heavy atom. The Bertz CT molecular complexity index is 562. The molecule has 0 amide bonds. The molecule has 0 aliphatic heterocycles. The van der Waals surface area contributed by atoms with Crippen LogP contribution in [0.3, 0.4) is 0 Å². The Morgan fingerprint density at radius 1 is 1.35 bits per heavy atom. The molecule has 2 aromatic rings. The van der Waals surface area contributed by atoms with Crippen LogP contribution in [0.1, 0.15) is 11.3 Å². The average Bonchev–Trinajstić information content (AvgIpc) is 2.37. The molecule has 1 aromatic carbocycles. The zero-order valence-corrected chi connectivity index (χ0v) is 8.89. The zero-order chi connectivity index (χ0) is 12.1. The lowest BCUT2D eigenvalue weighted by Crippen LogP contribution is -2.04. The topological polar surface area (TPSA) is 61.6 Å². The first-order valence-corrected chi connectivity index (χ1v) is 4.99. The fraction of sp³-hybridized carbons (Fsp3) is 0.0833. The second-order valence-electron chi connectivity index (χ2n) is 3.36. The summed E-state index contributed by atoms with van der Waals surface area (Å²) < 4.78 is 12.9. The van der Waals surface area contributed by atoms with Crippen molar-refractivity contribution in [3.8, 4) is 6.07 Å². The van der Waals surface area contributed by atoms with E-state index in [4.69, 9.17) is 5.26 Å². The Labute approximate surface area is 97.8 Å². The van der Waals surface area contributed by atoms with Gasteiger partial charge < -0.3 is 5.32 Å². The third-order valence-electron chi connectivity index (χ3n) is 2.11. The van der Waals surface area contributed by atoms with E-state index in [2.05, 4.69) is 15.3 Å². The minimum absolute atomic E-state index is 0.281. The SMILES string of the molecule is N#Cc1ccnc(NCc2cccc(F)c2)n1. The number of anilines is 1. The van der Waals surface area contributed by atoms with Crippen LogP contribution in [0.4, 0.5) is 10.3 Å². The first-order chi connectivity index (χ1) is 8.28. The van der Waals surface area contributed by atoms with Crippen LogP contribution in [-0.4, -0.2) is 9.97 Å². The molecule has 1 aromatic heterocycles. The normalized spacial score (nSPS) is 9.65. The quantitative estimate of drug-likeness (QED) is 0.873. The van der Waals surface area contributed by atoms with E-state index in [1.54, 1.807) is 12.1 Å².